The molecule has 1 atom stereocenters. The molecule has 0 aliphatic carbocycles. The first-order chi connectivity index (χ1) is 4.72. The minimum atomic E-state index is 0.105. The molecule has 0 fully saturated rings. The van der Waals surface area contributed by atoms with Gasteiger partial charge in [-0.3, -0.25) is 4.98 Å². The normalized spacial score (nSPS) is 13.0. The van der Waals surface area contributed by atoms with Gasteiger partial charge in [0.1, 0.15) is 5.75 Å². The highest BCUT2D eigenvalue weighted by atomic mass is 79.9. The number of alkyl halides is 1. The van der Waals surface area contributed by atoms with Gasteiger partial charge in [0.25, 0.3) is 0 Å². The van der Waals surface area contributed by atoms with Gasteiger partial charge in [0.05, 0.1) is 10.5 Å². The Morgan fingerprint density at radius 3 is 2.80 bits per heavy atom. The Hall–Kier alpha value is -0.570. The Kier molecular flexibility index (Phi) is 2.27. The summed E-state index contributed by atoms with van der Waals surface area (Å²) in [5, 5.41) is 9.19. The second-order valence-electron chi connectivity index (χ2n) is 2.02. The lowest BCUT2D eigenvalue weighted by Crippen LogP contribution is -1.88. The molecule has 0 saturated heterocycles. The van der Waals surface area contributed by atoms with Crippen LogP contribution in [0.25, 0.3) is 0 Å². The predicted octanol–water partition coefficient (Wildman–Crippen LogP) is 2.24. The van der Waals surface area contributed by atoms with Gasteiger partial charge in [-0.15, -0.1) is 0 Å². The molecule has 0 aliphatic heterocycles. The lowest BCUT2D eigenvalue weighted by molar-refractivity contribution is 0.464. The Balaban J connectivity index is 3.03. The van der Waals surface area contributed by atoms with Crippen molar-refractivity contribution < 1.29 is 5.11 Å². The van der Waals surface area contributed by atoms with Crippen molar-refractivity contribution in [3.63, 3.8) is 0 Å². The molecular weight excluding hydrogens is 194 g/mol. The molecule has 1 unspecified atom stereocenters. The third-order valence-corrected chi connectivity index (χ3v) is 1.63. The van der Waals surface area contributed by atoms with Crippen molar-refractivity contribution >= 4 is 15.9 Å². The van der Waals surface area contributed by atoms with Crippen molar-refractivity contribution in [1.29, 1.82) is 0 Å². The van der Waals surface area contributed by atoms with Crippen LogP contribution in [-0.2, 0) is 0 Å². The van der Waals surface area contributed by atoms with Crippen LogP contribution in [0.1, 0.15) is 17.4 Å². The predicted molar refractivity (Wildman–Crippen MR) is 43.2 cm³/mol. The van der Waals surface area contributed by atoms with Gasteiger partial charge in [0.2, 0.25) is 0 Å². The fourth-order valence-electron chi connectivity index (χ4n) is 0.716. The van der Waals surface area contributed by atoms with E-state index < -0.39 is 0 Å². The van der Waals surface area contributed by atoms with E-state index in [2.05, 4.69) is 20.9 Å². The van der Waals surface area contributed by atoms with Crippen LogP contribution in [0.5, 0.6) is 5.75 Å². The number of aromatic hydroxyl groups is 1. The number of halogens is 1. The summed E-state index contributed by atoms with van der Waals surface area (Å²) < 4.78 is 0. The number of hydrogen-bond donors (Lipinski definition) is 1. The van der Waals surface area contributed by atoms with Crippen molar-refractivity contribution in [2.45, 2.75) is 11.8 Å². The maximum absolute atomic E-state index is 9.19. The second-order valence-corrected chi connectivity index (χ2v) is 3.40. The average molecular weight is 202 g/mol. The van der Waals surface area contributed by atoms with Crippen molar-refractivity contribution in [1.82, 2.24) is 4.98 Å². The zero-order valence-electron chi connectivity index (χ0n) is 5.58. The molecule has 0 aliphatic rings. The molecule has 54 valence electrons. The summed E-state index contributed by atoms with van der Waals surface area (Å²) in [5.74, 6) is 0.242. The molecule has 2 nitrogen and oxygen atoms in total. The fourth-order valence-corrected chi connectivity index (χ4v) is 1.07. The topological polar surface area (TPSA) is 33.1 Å². The van der Waals surface area contributed by atoms with Crippen LogP contribution in [0.4, 0.5) is 0 Å². The largest absolute Gasteiger partial charge is 0.506 e. The van der Waals surface area contributed by atoms with Crippen LogP contribution in [0.2, 0.25) is 0 Å². The fraction of sp³-hybridized carbons (Fsp3) is 0.286. The Bertz CT molecular complexity index is 225. The maximum atomic E-state index is 9.19. The van der Waals surface area contributed by atoms with Gasteiger partial charge < -0.3 is 5.11 Å². The average Bonchev–Trinajstić information content (AvgIpc) is 1.88. The Labute approximate surface area is 68.0 Å². The van der Waals surface area contributed by atoms with Crippen LogP contribution in [0.3, 0.4) is 0 Å². The van der Waals surface area contributed by atoms with Crippen LogP contribution < -0.4 is 0 Å². The van der Waals surface area contributed by atoms with Crippen molar-refractivity contribution in [2.75, 3.05) is 0 Å². The SMILES string of the molecule is CC(Br)c1ncccc1O. The van der Waals surface area contributed by atoms with Gasteiger partial charge in [-0.2, -0.15) is 0 Å². The summed E-state index contributed by atoms with van der Waals surface area (Å²) in [7, 11) is 0. The standard InChI is InChI=1S/C7H8BrNO/c1-5(8)7-6(10)3-2-4-9-7/h2-5,10H,1H3. The first-order valence-electron chi connectivity index (χ1n) is 2.99. The minimum absolute atomic E-state index is 0.105. The third-order valence-electron chi connectivity index (χ3n) is 1.19. The van der Waals surface area contributed by atoms with E-state index in [9.17, 15) is 5.11 Å². The minimum Gasteiger partial charge on any atom is -0.506 e. The molecule has 10 heavy (non-hydrogen) atoms. The molecule has 1 rings (SSSR count). The van der Waals surface area contributed by atoms with Gasteiger partial charge in [-0.1, -0.05) is 15.9 Å². The smallest absolute Gasteiger partial charge is 0.138 e. The molecule has 0 saturated carbocycles. The first-order valence-corrected chi connectivity index (χ1v) is 3.91. The van der Waals surface area contributed by atoms with E-state index in [4.69, 9.17) is 0 Å². The molecule has 0 radical (unpaired) electrons. The number of pyridine rings is 1. The van der Waals surface area contributed by atoms with Gasteiger partial charge in [0, 0.05) is 6.20 Å². The van der Waals surface area contributed by atoms with E-state index in [0.717, 1.165) is 0 Å². The molecular formula is C7H8BrNO. The zero-order chi connectivity index (χ0) is 7.56. The molecule has 1 heterocycles. The number of hydrogen-bond acceptors (Lipinski definition) is 2. The number of rotatable bonds is 1. The quantitative estimate of drug-likeness (QED) is 0.708. The Morgan fingerprint density at radius 2 is 2.40 bits per heavy atom. The maximum Gasteiger partial charge on any atom is 0.138 e. The molecule has 0 spiro atoms. The lowest BCUT2D eigenvalue weighted by Gasteiger charge is -2.02. The summed E-state index contributed by atoms with van der Waals surface area (Å²) in [4.78, 5) is 4.09. The second kappa shape index (κ2) is 3.01. The molecule has 1 N–H and O–H groups in total. The van der Waals surface area contributed by atoms with E-state index in [0.29, 0.717) is 5.69 Å². The van der Waals surface area contributed by atoms with Crippen molar-refractivity contribution in [3.8, 4) is 5.75 Å². The molecule has 3 heteroatoms. The van der Waals surface area contributed by atoms with E-state index >= 15 is 0 Å². The Morgan fingerprint density at radius 1 is 1.70 bits per heavy atom. The van der Waals surface area contributed by atoms with Crippen LogP contribution in [0, 0.1) is 0 Å². The van der Waals surface area contributed by atoms with E-state index in [1.807, 2.05) is 6.92 Å². The van der Waals surface area contributed by atoms with Crippen molar-refractivity contribution in [2.24, 2.45) is 0 Å². The summed E-state index contributed by atoms with van der Waals surface area (Å²) in [6, 6.07) is 3.33. The van der Waals surface area contributed by atoms with Crippen LogP contribution >= 0.6 is 15.9 Å². The van der Waals surface area contributed by atoms with Gasteiger partial charge in [-0.05, 0) is 19.1 Å². The highest BCUT2D eigenvalue weighted by Crippen LogP contribution is 2.26. The lowest BCUT2D eigenvalue weighted by atomic mass is 10.3. The van der Waals surface area contributed by atoms with Gasteiger partial charge in [-0.25, -0.2) is 0 Å². The molecule has 0 amide bonds. The third kappa shape index (κ3) is 1.48. The van der Waals surface area contributed by atoms with Gasteiger partial charge >= 0.3 is 0 Å². The van der Waals surface area contributed by atoms with Crippen LogP contribution in [0.15, 0.2) is 18.3 Å². The summed E-state index contributed by atoms with van der Waals surface area (Å²) >= 11 is 3.31. The highest BCUT2D eigenvalue weighted by molar-refractivity contribution is 9.09. The number of nitrogens with zero attached hydrogens (tertiary/aromatic N) is 1. The van der Waals surface area contributed by atoms with E-state index in [1.165, 1.54) is 0 Å². The van der Waals surface area contributed by atoms with E-state index in [-0.39, 0.29) is 10.6 Å². The first kappa shape index (κ1) is 7.54. The summed E-state index contributed by atoms with van der Waals surface area (Å²) in [5.41, 5.74) is 0.683. The highest BCUT2D eigenvalue weighted by Gasteiger charge is 2.05. The summed E-state index contributed by atoms with van der Waals surface area (Å²) in [6.45, 7) is 1.92. The number of aromatic nitrogens is 1. The van der Waals surface area contributed by atoms with E-state index in [1.54, 1.807) is 18.3 Å². The zero-order valence-corrected chi connectivity index (χ0v) is 7.17. The summed E-state index contributed by atoms with van der Waals surface area (Å²) in [6.07, 6.45) is 1.66. The van der Waals surface area contributed by atoms with Crippen LogP contribution in [-0.4, -0.2) is 10.1 Å². The van der Waals surface area contributed by atoms with Crippen molar-refractivity contribution in [3.05, 3.63) is 24.0 Å². The molecule has 1 aromatic heterocycles. The molecule has 0 bridgehead atoms. The van der Waals surface area contributed by atoms with Gasteiger partial charge in [0.15, 0.2) is 0 Å². The monoisotopic (exact) mass is 201 g/mol. The molecule has 0 aromatic carbocycles. The molecule has 1 aromatic rings.